The molecule has 0 aromatic heterocycles. The molecule has 1 aromatic rings. The third-order valence-electron chi connectivity index (χ3n) is 3.13. The second-order valence-corrected chi connectivity index (χ2v) is 5.48. The lowest BCUT2D eigenvalue weighted by Gasteiger charge is -2.20. The molecule has 0 spiro atoms. The normalized spacial score (nSPS) is 21.4. The molecule has 1 aliphatic rings. The Balaban J connectivity index is 1.87. The van der Waals surface area contributed by atoms with Crippen LogP contribution < -0.4 is 4.74 Å². The molecule has 1 fully saturated rings. The Labute approximate surface area is 105 Å². The molecule has 17 heavy (non-hydrogen) atoms. The van der Waals surface area contributed by atoms with Crippen LogP contribution in [0.5, 0.6) is 5.75 Å². The maximum Gasteiger partial charge on any atom is 0.126 e. The summed E-state index contributed by atoms with van der Waals surface area (Å²) in [5.41, 5.74) is 0. The smallest absolute Gasteiger partial charge is 0.126 e. The molecular weight excluding hydrogens is 239 g/mol. The second kappa shape index (κ2) is 6.26. The summed E-state index contributed by atoms with van der Waals surface area (Å²) in [7, 11) is 0. The van der Waals surface area contributed by atoms with E-state index in [0.29, 0.717) is 18.3 Å². The summed E-state index contributed by atoms with van der Waals surface area (Å²) < 4.78 is 18.5. The first kappa shape index (κ1) is 12.7. The molecule has 0 saturated carbocycles. The number of aliphatic hydroxyl groups is 1. The number of hydrogen-bond donors (Lipinski definition) is 1. The van der Waals surface area contributed by atoms with Crippen LogP contribution in [0, 0.1) is 17.7 Å². The fourth-order valence-corrected chi connectivity index (χ4v) is 3.40. The van der Waals surface area contributed by atoms with E-state index in [1.165, 1.54) is 17.9 Å². The topological polar surface area (TPSA) is 29.5 Å². The van der Waals surface area contributed by atoms with Gasteiger partial charge in [-0.15, -0.1) is 0 Å². The van der Waals surface area contributed by atoms with Crippen LogP contribution in [0.3, 0.4) is 0 Å². The minimum absolute atomic E-state index is 0.139. The zero-order valence-electron chi connectivity index (χ0n) is 9.64. The molecule has 0 radical (unpaired) electrons. The summed E-state index contributed by atoms with van der Waals surface area (Å²) in [6.07, 6.45) is 1.14. The van der Waals surface area contributed by atoms with Crippen LogP contribution in [-0.2, 0) is 0 Å². The van der Waals surface area contributed by atoms with Gasteiger partial charge in [0.2, 0.25) is 0 Å². The number of benzene rings is 1. The fourth-order valence-electron chi connectivity index (χ4n) is 2.02. The largest absolute Gasteiger partial charge is 0.493 e. The van der Waals surface area contributed by atoms with E-state index in [1.807, 2.05) is 11.8 Å². The predicted octanol–water partition coefficient (Wildman–Crippen LogP) is 2.57. The van der Waals surface area contributed by atoms with E-state index in [-0.39, 0.29) is 18.3 Å². The first-order valence-electron chi connectivity index (χ1n) is 5.86. The first-order chi connectivity index (χ1) is 8.29. The van der Waals surface area contributed by atoms with Gasteiger partial charge in [0.15, 0.2) is 0 Å². The molecule has 2 nitrogen and oxygen atoms in total. The summed E-state index contributed by atoms with van der Waals surface area (Å²) in [4.78, 5) is 0. The number of thioether (sulfide) groups is 1. The zero-order chi connectivity index (χ0) is 12.1. The number of halogens is 1. The van der Waals surface area contributed by atoms with Crippen molar-refractivity contribution in [1.82, 2.24) is 0 Å². The molecule has 1 heterocycles. The Kier molecular flexibility index (Phi) is 4.68. The van der Waals surface area contributed by atoms with Crippen LogP contribution in [-0.4, -0.2) is 29.8 Å². The highest BCUT2D eigenvalue weighted by Gasteiger charge is 2.25. The molecule has 94 valence electrons. The quantitative estimate of drug-likeness (QED) is 0.878. The van der Waals surface area contributed by atoms with Gasteiger partial charge in [-0.25, -0.2) is 4.39 Å². The van der Waals surface area contributed by atoms with Crippen molar-refractivity contribution >= 4 is 11.8 Å². The maximum absolute atomic E-state index is 12.9. The average Bonchev–Trinajstić information content (AvgIpc) is 2.84. The SMILES string of the molecule is OCC(COc1cccc(F)c1)C1CCSC1. The molecule has 1 N–H and O–H groups in total. The van der Waals surface area contributed by atoms with Gasteiger partial charge in [-0.05, 0) is 36.0 Å². The van der Waals surface area contributed by atoms with Crippen molar-refractivity contribution in [2.24, 2.45) is 11.8 Å². The number of rotatable bonds is 5. The van der Waals surface area contributed by atoms with Crippen molar-refractivity contribution in [1.29, 1.82) is 0 Å². The van der Waals surface area contributed by atoms with Crippen molar-refractivity contribution in [3.05, 3.63) is 30.1 Å². The van der Waals surface area contributed by atoms with E-state index < -0.39 is 0 Å². The lowest BCUT2D eigenvalue weighted by molar-refractivity contribution is 0.126. The molecule has 2 rings (SSSR count). The van der Waals surface area contributed by atoms with E-state index in [4.69, 9.17) is 4.74 Å². The average molecular weight is 256 g/mol. The van der Waals surface area contributed by atoms with E-state index in [0.717, 1.165) is 12.2 Å². The lowest BCUT2D eigenvalue weighted by atomic mass is 9.93. The molecule has 1 saturated heterocycles. The Morgan fingerprint density at radius 2 is 2.41 bits per heavy atom. The summed E-state index contributed by atoms with van der Waals surface area (Å²) in [6.45, 7) is 0.603. The molecule has 1 aliphatic heterocycles. The van der Waals surface area contributed by atoms with Gasteiger partial charge in [0, 0.05) is 18.6 Å². The van der Waals surface area contributed by atoms with E-state index in [9.17, 15) is 9.50 Å². The minimum atomic E-state index is -0.292. The predicted molar refractivity (Wildman–Crippen MR) is 67.9 cm³/mol. The highest BCUT2D eigenvalue weighted by molar-refractivity contribution is 7.99. The number of aliphatic hydroxyl groups excluding tert-OH is 1. The van der Waals surface area contributed by atoms with E-state index in [1.54, 1.807) is 12.1 Å². The highest BCUT2D eigenvalue weighted by Crippen LogP contribution is 2.30. The molecule has 2 unspecified atom stereocenters. The fraction of sp³-hybridized carbons (Fsp3) is 0.538. The zero-order valence-corrected chi connectivity index (χ0v) is 10.5. The summed E-state index contributed by atoms with van der Waals surface area (Å²) >= 11 is 1.92. The molecule has 1 aromatic carbocycles. The number of ether oxygens (including phenoxy) is 1. The highest BCUT2D eigenvalue weighted by atomic mass is 32.2. The summed E-state index contributed by atoms with van der Waals surface area (Å²) in [5, 5.41) is 9.36. The van der Waals surface area contributed by atoms with Gasteiger partial charge < -0.3 is 9.84 Å². The van der Waals surface area contributed by atoms with Crippen LogP contribution in [0.1, 0.15) is 6.42 Å². The molecule has 4 heteroatoms. The van der Waals surface area contributed by atoms with Gasteiger partial charge in [0.25, 0.3) is 0 Å². The first-order valence-corrected chi connectivity index (χ1v) is 7.02. The second-order valence-electron chi connectivity index (χ2n) is 4.33. The Bertz CT molecular complexity index is 353. The van der Waals surface area contributed by atoms with Gasteiger partial charge in [-0.3, -0.25) is 0 Å². The summed E-state index contributed by atoms with van der Waals surface area (Å²) in [6, 6.07) is 6.13. The van der Waals surface area contributed by atoms with Crippen LogP contribution in [0.4, 0.5) is 4.39 Å². The van der Waals surface area contributed by atoms with Gasteiger partial charge in [0.1, 0.15) is 11.6 Å². The Hall–Kier alpha value is -0.740. The van der Waals surface area contributed by atoms with Crippen molar-refractivity contribution in [2.75, 3.05) is 24.7 Å². The van der Waals surface area contributed by atoms with Crippen LogP contribution in [0.2, 0.25) is 0 Å². The summed E-state index contributed by atoms with van der Waals surface area (Å²) in [5.74, 6) is 3.19. The molecule has 0 bridgehead atoms. The molecule has 0 amide bonds. The third kappa shape index (κ3) is 3.61. The van der Waals surface area contributed by atoms with Crippen molar-refractivity contribution in [3.63, 3.8) is 0 Å². The van der Waals surface area contributed by atoms with Crippen LogP contribution >= 0.6 is 11.8 Å². The standard InChI is InChI=1S/C13H17FO2S/c14-12-2-1-3-13(6-12)16-8-11(7-15)10-4-5-17-9-10/h1-3,6,10-11,15H,4-5,7-9H2. The molecule has 2 atom stereocenters. The van der Waals surface area contributed by atoms with Gasteiger partial charge in [0.05, 0.1) is 6.61 Å². The number of hydrogen-bond acceptors (Lipinski definition) is 3. The van der Waals surface area contributed by atoms with Gasteiger partial charge in [-0.2, -0.15) is 11.8 Å². The van der Waals surface area contributed by atoms with Gasteiger partial charge >= 0.3 is 0 Å². The van der Waals surface area contributed by atoms with Crippen LogP contribution in [0.25, 0.3) is 0 Å². The third-order valence-corrected chi connectivity index (χ3v) is 4.31. The molecular formula is C13H17FO2S. The lowest BCUT2D eigenvalue weighted by Crippen LogP contribution is -2.25. The van der Waals surface area contributed by atoms with Gasteiger partial charge in [-0.1, -0.05) is 6.07 Å². The Morgan fingerprint density at radius 1 is 1.53 bits per heavy atom. The van der Waals surface area contributed by atoms with Crippen molar-refractivity contribution in [3.8, 4) is 5.75 Å². The van der Waals surface area contributed by atoms with E-state index >= 15 is 0 Å². The van der Waals surface area contributed by atoms with Crippen LogP contribution in [0.15, 0.2) is 24.3 Å². The minimum Gasteiger partial charge on any atom is -0.493 e. The molecule has 0 aliphatic carbocycles. The Morgan fingerprint density at radius 3 is 3.06 bits per heavy atom. The van der Waals surface area contributed by atoms with Crippen molar-refractivity contribution < 1.29 is 14.2 Å². The van der Waals surface area contributed by atoms with Crippen molar-refractivity contribution in [2.45, 2.75) is 6.42 Å². The monoisotopic (exact) mass is 256 g/mol. The van der Waals surface area contributed by atoms with E-state index in [2.05, 4.69) is 0 Å². The maximum atomic E-state index is 12.9.